The molecule has 0 aromatic heterocycles. The lowest BCUT2D eigenvalue weighted by Gasteiger charge is -2.12. The van der Waals surface area contributed by atoms with Crippen molar-refractivity contribution in [1.82, 2.24) is 0 Å². The van der Waals surface area contributed by atoms with Crippen LogP contribution in [-0.2, 0) is 13.2 Å². The standard InChI is InChI=1S/C14H13Cl2NO/c15-12-5-3-6-13(16)11(12)9-18-14-7-2-1-4-10(14)8-17/h1-7H,8-9,17H2. The molecule has 4 heteroatoms. The highest BCUT2D eigenvalue weighted by atomic mass is 35.5. The molecule has 0 bridgehead atoms. The van der Waals surface area contributed by atoms with Gasteiger partial charge in [-0.1, -0.05) is 47.5 Å². The predicted octanol–water partition coefficient (Wildman–Crippen LogP) is 4.03. The molecular formula is C14H13Cl2NO. The number of benzene rings is 2. The fourth-order valence-electron chi connectivity index (χ4n) is 1.63. The molecule has 0 aliphatic heterocycles. The maximum Gasteiger partial charge on any atom is 0.124 e. The summed E-state index contributed by atoms with van der Waals surface area (Å²) in [5, 5.41) is 1.21. The van der Waals surface area contributed by atoms with Gasteiger partial charge in [0.05, 0.1) is 0 Å². The number of ether oxygens (including phenoxy) is 1. The molecule has 0 aliphatic rings. The van der Waals surface area contributed by atoms with E-state index in [-0.39, 0.29) is 0 Å². The van der Waals surface area contributed by atoms with Crippen molar-refractivity contribution in [1.29, 1.82) is 0 Å². The summed E-state index contributed by atoms with van der Waals surface area (Å²) in [5.74, 6) is 0.760. The second-order valence-corrected chi connectivity index (χ2v) is 4.62. The highest BCUT2D eigenvalue weighted by Crippen LogP contribution is 2.26. The van der Waals surface area contributed by atoms with Gasteiger partial charge in [0, 0.05) is 27.7 Å². The number of hydrogen-bond donors (Lipinski definition) is 1. The van der Waals surface area contributed by atoms with Crippen LogP contribution in [0.25, 0.3) is 0 Å². The number of halogens is 2. The van der Waals surface area contributed by atoms with Gasteiger partial charge in [0.15, 0.2) is 0 Å². The van der Waals surface area contributed by atoms with Crippen LogP contribution < -0.4 is 10.5 Å². The van der Waals surface area contributed by atoms with E-state index in [0.29, 0.717) is 23.2 Å². The van der Waals surface area contributed by atoms with E-state index in [0.717, 1.165) is 16.9 Å². The number of nitrogens with two attached hydrogens (primary N) is 1. The van der Waals surface area contributed by atoms with Gasteiger partial charge in [-0.25, -0.2) is 0 Å². The van der Waals surface area contributed by atoms with Crippen LogP contribution in [0.15, 0.2) is 42.5 Å². The Kier molecular flexibility index (Phi) is 4.48. The Morgan fingerprint density at radius 1 is 0.944 bits per heavy atom. The molecule has 0 unspecified atom stereocenters. The molecular weight excluding hydrogens is 269 g/mol. The first-order valence-electron chi connectivity index (χ1n) is 5.56. The molecule has 0 radical (unpaired) electrons. The second kappa shape index (κ2) is 6.10. The summed E-state index contributed by atoms with van der Waals surface area (Å²) >= 11 is 12.2. The Bertz CT molecular complexity index is 523. The number of para-hydroxylation sites is 1. The Hall–Kier alpha value is -1.22. The maximum absolute atomic E-state index is 6.08. The van der Waals surface area contributed by atoms with Gasteiger partial charge in [-0.15, -0.1) is 0 Å². The van der Waals surface area contributed by atoms with Gasteiger partial charge < -0.3 is 10.5 Å². The van der Waals surface area contributed by atoms with Crippen molar-refractivity contribution < 1.29 is 4.74 Å². The van der Waals surface area contributed by atoms with Crippen LogP contribution in [0.1, 0.15) is 11.1 Å². The molecule has 2 N–H and O–H groups in total. The quantitative estimate of drug-likeness (QED) is 0.918. The van der Waals surface area contributed by atoms with Gasteiger partial charge in [0.2, 0.25) is 0 Å². The molecule has 0 saturated carbocycles. The minimum absolute atomic E-state index is 0.329. The summed E-state index contributed by atoms with van der Waals surface area (Å²) in [6, 6.07) is 13.0. The minimum atomic E-state index is 0.329. The van der Waals surface area contributed by atoms with E-state index >= 15 is 0 Å². The molecule has 94 valence electrons. The van der Waals surface area contributed by atoms with E-state index in [2.05, 4.69) is 0 Å². The van der Waals surface area contributed by atoms with Crippen LogP contribution in [-0.4, -0.2) is 0 Å². The van der Waals surface area contributed by atoms with E-state index in [9.17, 15) is 0 Å². The Labute approximate surface area is 116 Å². The van der Waals surface area contributed by atoms with Crippen LogP contribution in [0, 0.1) is 0 Å². The largest absolute Gasteiger partial charge is 0.488 e. The van der Waals surface area contributed by atoms with E-state index in [4.69, 9.17) is 33.7 Å². The fraction of sp³-hybridized carbons (Fsp3) is 0.143. The molecule has 2 nitrogen and oxygen atoms in total. The highest BCUT2D eigenvalue weighted by molar-refractivity contribution is 6.35. The molecule has 2 aromatic rings. The summed E-state index contributed by atoms with van der Waals surface area (Å²) in [4.78, 5) is 0. The third-order valence-corrected chi connectivity index (χ3v) is 3.33. The first kappa shape index (κ1) is 13.2. The SMILES string of the molecule is NCc1ccccc1OCc1c(Cl)cccc1Cl. The first-order valence-corrected chi connectivity index (χ1v) is 6.31. The van der Waals surface area contributed by atoms with Crippen LogP contribution in [0.4, 0.5) is 0 Å². The lowest BCUT2D eigenvalue weighted by molar-refractivity contribution is 0.303. The summed E-state index contributed by atoms with van der Waals surface area (Å²) in [7, 11) is 0. The van der Waals surface area contributed by atoms with Gasteiger partial charge in [-0.05, 0) is 18.2 Å². The zero-order chi connectivity index (χ0) is 13.0. The van der Waals surface area contributed by atoms with Gasteiger partial charge in [-0.3, -0.25) is 0 Å². The summed E-state index contributed by atoms with van der Waals surface area (Å²) < 4.78 is 5.73. The Balaban J connectivity index is 2.16. The van der Waals surface area contributed by atoms with E-state index in [1.54, 1.807) is 12.1 Å². The molecule has 2 aromatic carbocycles. The fourth-order valence-corrected chi connectivity index (χ4v) is 2.14. The van der Waals surface area contributed by atoms with Crippen LogP contribution >= 0.6 is 23.2 Å². The number of rotatable bonds is 4. The van der Waals surface area contributed by atoms with E-state index < -0.39 is 0 Å². The molecule has 0 aliphatic carbocycles. The Morgan fingerprint density at radius 3 is 2.28 bits per heavy atom. The third kappa shape index (κ3) is 2.96. The topological polar surface area (TPSA) is 35.2 Å². The third-order valence-electron chi connectivity index (χ3n) is 2.63. The lowest BCUT2D eigenvalue weighted by atomic mass is 10.2. The average molecular weight is 282 g/mol. The van der Waals surface area contributed by atoms with Crippen LogP contribution in [0.2, 0.25) is 10.0 Å². The number of hydrogen-bond acceptors (Lipinski definition) is 2. The Morgan fingerprint density at radius 2 is 1.61 bits per heavy atom. The van der Waals surface area contributed by atoms with Gasteiger partial charge >= 0.3 is 0 Å². The normalized spacial score (nSPS) is 10.4. The molecule has 0 amide bonds. The molecule has 18 heavy (non-hydrogen) atoms. The predicted molar refractivity (Wildman–Crippen MR) is 75.1 cm³/mol. The van der Waals surface area contributed by atoms with Crippen LogP contribution in [0.3, 0.4) is 0 Å². The van der Waals surface area contributed by atoms with Crippen molar-refractivity contribution in [2.75, 3.05) is 0 Å². The maximum atomic E-state index is 6.08. The molecule has 0 spiro atoms. The van der Waals surface area contributed by atoms with Crippen molar-refractivity contribution >= 4 is 23.2 Å². The smallest absolute Gasteiger partial charge is 0.124 e. The zero-order valence-corrected chi connectivity index (χ0v) is 11.2. The molecule has 2 rings (SSSR count). The van der Waals surface area contributed by atoms with Crippen molar-refractivity contribution in [3.63, 3.8) is 0 Å². The zero-order valence-electron chi connectivity index (χ0n) is 9.70. The van der Waals surface area contributed by atoms with Crippen LogP contribution in [0.5, 0.6) is 5.75 Å². The van der Waals surface area contributed by atoms with E-state index in [1.807, 2.05) is 30.3 Å². The molecule has 0 saturated heterocycles. The highest BCUT2D eigenvalue weighted by Gasteiger charge is 2.07. The minimum Gasteiger partial charge on any atom is -0.488 e. The molecule has 0 fully saturated rings. The van der Waals surface area contributed by atoms with Crippen molar-refractivity contribution in [3.05, 3.63) is 63.6 Å². The van der Waals surface area contributed by atoms with E-state index in [1.165, 1.54) is 0 Å². The van der Waals surface area contributed by atoms with Crippen molar-refractivity contribution in [2.45, 2.75) is 13.2 Å². The summed E-state index contributed by atoms with van der Waals surface area (Å²) in [5.41, 5.74) is 7.39. The lowest BCUT2D eigenvalue weighted by Crippen LogP contribution is -2.03. The molecule has 0 heterocycles. The van der Waals surface area contributed by atoms with Gasteiger partial charge in [-0.2, -0.15) is 0 Å². The molecule has 0 atom stereocenters. The van der Waals surface area contributed by atoms with Crippen molar-refractivity contribution in [3.8, 4) is 5.75 Å². The van der Waals surface area contributed by atoms with Gasteiger partial charge in [0.1, 0.15) is 12.4 Å². The van der Waals surface area contributed by atoms with Crippen molar-refractivity contribution in [2.24, 2.45) is 5.73 Å². The summed E-state index contributed by atoms with van der Waals surface area (Å²) in [6.07, 6.45) is 0. The monoisotopic (exact) mass is 281 g/mol. The average Bonchev–Trinajstić information content (AvgIpc) is 2.38. The second-order valence-electron chi connectivity index (χ2n) is 3.80. The first-order chi connectivity index (χ1) is 8.72. The summed E-state index contributed by atoms with van der Waals surface area (Å²) in [6.45, 7) is 0.766. The van der Waals surface area contributed by atoms with Gasteiger partial charge in [0.25, 0.3) is 0 Å².